The number of rotatable bonds is 26. The Labute approximate surface area is 369 Å². The van der Waals surface area contributed by atoms with Gasteiger partial charge in [-0.1, -0.05) is 19.1 Å². The average molecular weight is 896 g/mol. The lowest BCUT2D eigenvalue weighted by molar-refractivity contribution is -0.152. The second-order valence-electron chi connectivity index (χ2n) is 15.8. The van der Waals surface area contributed by atoms with Crippen molar-refractivity contribution < 1.29 is 63.0 Å². The summed E-state index contributed by atoms with van der Waals surface area (Å²) >= 11 is 0. The Morgan fingerprint density at radius 2 is 0.968 bits per heavy atom. The van der Waals surface area contributed by atoms with Gasteiger partial charge in [-0.3, -0.25) is 47.9 Å². The normalized spacial score (nSPS) is 16.9. The highest BCUT2D eigenvalue weighted by Gasteiger charge is 2.41. The molecular weight excluding hydrogens is 827 g/mol. The zero-order valence-corrected chi connectivity index (χ0v) is 38.8. The van der Waals surface area contributed by atoms with Gasteiger partial charge in [0.2, 0.25) is 53.7 Å². The third kappa shape index (κ3) is 16.5. The van der Waals surface area contributed by atoms with Crippen molar-refractivity contribution in [2.24, 2.45) is 5.92 Å². The van der Waals surface area contributed by atoms with Crippen molar-refractivity contribution in [1.82, 2.24) is 46.2 Å². The van der Waals surface area contributed by atoms with Gasteiger partial charge < -0.3 is 61.2 Å². The number of amides is 9. The number of allylic oxidation sites excluding steroid dienone is 2. The number of ketones is 1. The molecule has 0 rings (SSSR count). The fraction of sp³-hybridized carbons (Fsp3) is 0.683. The van der Waals surface area contributed by atoms with Crippen LogP contribution in [0.1, 0.15) is 82.1 Å². The number of aldehydes is 1. The first-order valence-corrected chi connectivity index (χ1v) is 20.6. The summed E-state index contributed by atoms with van der Waals surface area (Å²) < 4.78 is 0. The molecule has 0 aliphatic rings. The van der Waals surface area contributed by atoms with Crippen LogP contribution in [-0.2, 0) is 52.7 Å². The van der Waals surface area contributed by atoms with Gasteiger partial charge in [-0.15, -0.1) is 0 Å². The van der Waals surface area contributed by atoms with Crippen LogP contribution in [0, 0.1) is 5.92 Å². The predicted octanol–water partition coefficient (Wildman–Crippen LogP) is -3.01. The number of hydrogen-bond donors (Lipinski definition) is 7. The largest absolute Gasteiger partial charge is 0.391 e. The molecule has 63 heavy (non-hydrogen) atoms. The fourth-order valence-electron chi connectivity index (χ4n) is 6.09. The molecule has 0 aromatic rings. The topological polar surface area (TPSA) is 301 Å². The van der Waals surface area contributed by atoms with Crippen molar-refractivity contribution in [3.63, 3.8) is 0 Å². The molecule has 356 valence electrons. The lowest BCUT2D eigenvalue weighted by Crippen LogP contribution is -2.62. The maximum Gasteiger partial charge on any atom is 0.246 e. The molecule has 7 N–H and O–H groups in total. The van der Waals surface area contributed by atoms with E-state index in [1.54, 1.807) is 26.0 Å². The lowest BCUT2D eigenvalue weighted by atomic mass is 9.92. The zero-order chi connectivity index (χ0) is 49.2. The Morgan fingerprint density at radius 1 is 0.540 bits per heavy atom. The van der Waals surface area contributed by atoms with E-state index in [4.69, 9.17) is 0 Å². The van der Waals surface area contributed by atoms with E-state index in [0.717, 1.165) is 19.6 Å². The Kier molecular flexibility index (Phi) is 24.2. The number of aliphatic hydroxyl groups is 2. The number of carbonyl (C=O) groups is 11. The fourth-order valence-corrected chi connectivity index (χ4v) is 6.09. The van der Waals surface area contributed by atoms with E-state index in [1.807, 2.05) is 0 Å². The molecule has 12 atom stereocenters. The van der Waals surface area contributed by atoms with Crippen molar-refractivity contribution in [1.29, 1.82) is 0 Å². The molecule has 0 fully saturated rings. The molecule has 9 amide bonds. The van der Waals surface area contributed by atoms with Gasteiger partial charge in [0.05, 0.1) is 18.6 Å². The number of likely N-dealkylation sites (N-methyl/N-ethyl adjacent to an activating group) is 4. The molecule has 22 heteroatoms. The predicted molar refractivity (Wildman–Crippen MR) is 229 cm³/mol. The maximum absolute atomic E-state index is 13.9. The number of Topliss-reactive ketones (excluding diaryl/α,β-unsaturated/α-hetero) is 1. The highest BCUT2D eigenvalue weighted by atomic mass is 16.3. The van der Waals surface area contributed by atoms with E-state index < -0.39 is 132 Å². The van der Waals surface area contributed by atoms with E-state index in [1.165, 1.54) is 83.6 Å². The summed E-state index contributed by atoms with van der Waals surface area (Å²) in [6.45, 7) is 14.3. The highest BCUT2D eigenvalue weighted by Crippen LogP contribution is 2.19. The molecule has 0 aromatic heterocycles. The van der Waals surface area contributed by atoms with Crippen molar-refractivity contribution >= 4 is 65.7 Å². The van der Waals surface area contributed by atoms with Crippen LogP contribution in [0.4, 0.5) is 0 Å². The first-order chi connectivity index (χ1) is 29.1. The zero-order valence-electron chi connectivity index (χ0n) is 38.8. The minimum atomic E-state index is -1.62. The Bertz CT molecular complexity index is 1690. The molecule has 0 spiro atoms. The van der Waals surface area contributed by atoms with Gasteiger partial charge in [0.15, 0.2) is 5.78 Å². The monoisotopic (exact) mass is 896 g/mol. The molecular formula is C41H69N9O13. The van der Waals surface area contributed by atoms with Crippen LogP contribution >= 0.6 is 0 Å². The van der Waals surface area contributed by atoms with Crippen LogP contribution in [-0.4, -0.2) is 190 Å². The first-order valence-electron chi connectivity index (χ1n) is 20.6. The van der Waals surface area contributed by atoms with Gasteiger partial charge in [0, 0.05) is 28.2 Å². The Hall–Kier alpha value is -5.77. The van der Waals surface area contributed by atoms with Crippen molar-refractivity contribution in [3.05, 3.63) is 12.2 Å². The van der Waals surface area contributed by atoms with Gasteiger partial charge in [0.1, 0.15) is 60.7 Å². The molecule has 0 saturated heterocycles. The van der Waals surface area contributed by atoms with Crippen molar-refractivity contribution in [2.75, 3.05) is 28.2 Å². The average Bonchev–Trinajstić information content (AvgIpc) is 3.24. The molecule has 0 radical (unpaired) electrons. The summed E-state index contributed by atoms with van der Waals surface area (Å²) in [5.74, 6) is -7.39. The maximum atomic E-state index is 13.9. The van der Waals surface area contributed by atoms with Crippen LogP contribution in [0.5, 0.6) is 0 Å². The number of nitrogens with zero attached hydrogens (tertiary/aromatic N) is 4. The lowest BCUT2D eigenvalue weighted by Gasteiger charge is -2.37. The second kappa shape index (κ2) is 26.6. The minimum absolute atomic E-state index is 0.302. The molecule has 22 nitrogen and oxygen atoms in total. The molecule has 0 aliphatic carbocycles. The van der Waals surface area contributed by atoms with E-state index in [0.29, 0.717) is 19.1 Å². The van der Waals surface area contributed by atoms with Crippen molar-refractivity contribution in [3.8, 4) is 0 Å². The van der Waals surface area contributed by atoms with Crippen molar-refractivity contribution in [2.45, 2.75) is 149 Å². The molecule has 1 unspecified atom stereocenters. The van der Waals surface area contributed by atoms with Gasteiger partial charge in [0.25, 0.3) is 0 Å². The van der Waals surface area contributed by atoms with Gasteiger partial charge in [-0.2, -0.15) is 0 Å². The smallest absolute Gasteiger partial charge is 0.246 e. The van der Waals surface area contributed by atoms with E-state index in [2.05, 4.69) is 26.6 Å². The number of carbonyl (C=O) groups excluding carboxylic acids is 11. The number of hydrogen-bond acceptors (Lipinski definition) is 13. The SMILES string of the molecule is C/C=C/C[C@@H](C)[C@@H](O)C(C(=O)N[C@H](C(=O)CC=O)[C@@H](C)O)N(C)C(=O)[C@H](C)N(C)C(=O)[C@H](C)NC(=O)[C@H](C)N(C)C(=O)[C@@H](C)NC(=O)[C@H](C)NC(=O)[C@H](C)N(C)C(=O)[C@H](C)NC=O. The molecule has 0 aliphatic heterocycles. The Balaban J connectivity index is 5.82. The third-order valence-corrected chi connectivity index (χ3v) is 10.9. The number of nitrogens with one attached hydrogen (secondary N) is 5. The summed E-state index contributed by atoms with van der Waals surface area (Å²) in [5.41, 5.74) is 0. The quantitative estimate of drug-likeness (QED) is 0.0259. The molecule has 0 heterocycles. The summed E-state index contributed by atoms with van der Waals surface area (Å²) in [4.78, 5) is 144. The van der Waals surface area contributed by atoms with Crippen LogP contribution in [0.3, 0.4) is 0 Å². The first kappa shape index (κ1) is 57.2. The standard InChI is InChI=1S/C41H69N9O13/c1-15-16-17-21(2)33(55)32(37(59)46-31(29(10)53)30(54)18-19-51)50(14)41(63)28(9)49(13)40(62)25(6)45-36(58)27(8)48(12)39(61)24(5)44-34(56)22(3)43-35(57)26(7)47(11)38(60)23(4)42-20-52/h15-16,19-29,31-33,53,55H,17-18H2,1-14H3,(H,42,52)(H,43,57)(H,44,56)(H,45,58)(H,46,59)/b16-15+/t21-,22+,23+,24-,25+,26+,27+,28+,29-,31+,32?,33-/m1/s1. The third-order valence-electron chi connectivity index (χ3n) is 10.9. The van der Waals surface area contributed by atoms with Gasteiger partial charge in [-0.05, 0) is 74.7 Å². The second-order valence-corrected chi connectivity index (χ2v) is 15.8. The summed E-state index contributed by atoms with van der Waals surface area (Å²) in [6, 6.07) is -11.1. The van der Waals surface area contributed by atoms with Crippen LogP contribution in [0.25, 0.3) is 0 Å². The molecule has 0 saturated carbocycles. The Morgan fingerprint density at radius 3 is 1.40 bits per heavy atom. The van der Waals surface area contributed by atoms with Gasteiger partial charge >= 0.3 is 0 Å². The summed E-state index contributed by atoms with van der Waals surface area (Å²) in [6.07, 6.45) is 0.918. The molecule has 0 bridgehead atoms. The van der Waals surface area contributed by atoms with Gasteiger partial charge in [-0.25, -0.2) is 0 Å². The molecule has 0 aromatic carbocycles. The summed E-state index contributed by atoms with van der Waals surface area (Å²) in [7, 11) is 5.16. The summed E-state index contributed by atoms with van der Waals surface area (Å²) in [5, 5.41) is 33.6. The minimum Gasteiger partial charge on any atom is -0.391 e. The van der Waals surface area contributed by atoms with E-state index in [9.17, 15) is 63.0 Å². The van der Waals surface area contributed by atoms with E-state index >= 15 is 0 Å². The number of aliphatic hydroxyl groups excluding tert-OH is 2. The van der Waals surface area contributed by atoms with Crippen LogP contribution < -0.4 is 26.6 Å². The van der Waals surface area contributed by atoms with E-state index in [-0.39, 0.29) is 0 Å². The van der Waals surface area contributed by atoms with Crippen LogP contribution in [0.2, 0.25) is 0 Å². The highest BCUT2D eigenvalue weighted by molar-refractivity contribution is 5.99. The van der Waals surface area contributed by atoms with Crippen LogP contribution in [0.15, 0.2) is 12.2 Å².